The van der Waals surface area contributed by atoms with E-state index in [9.17, 15) is 13.2 Å². The van der Waals surface area contributed by atoms with Crippen LogP contribution in [-0.2, 0) is 0 Å². The fourth-order valence-corrected chi connectivity index (χ4v) is 1.28. The molecule has 1 aromatic carbocycles. The van der Waals surface area contributed by atoms with E-state index < -0.39 is 18.4 Å². The number of hydrogen-bond donors (Lipinski definition) is 1. The molecule has 1 N–H and O–H groups in total. The van der Waals surface area contributed by atoms with Gasteiger partial charge >= 0.3 is 6.18 Å². The van der Waals surface area contributed by atoms with Crippen molar-refractivity contribution in [1.82, 2.24) is 0 Å². The first-order valence-corrected chi connectivity index (χ1v) is 4.40. The first kappa shape index (κ1) is 11.8. The molecule has 0 bridgehead atoms. The molecule has 82 valence electrons. The molecule has 1 rings (SSSR count). The highest BCUT2D eigenvalue weighted by Gasteiger charge is 2.34. The molecular weight excluding hydrogens is 205 g/mol. The highest BCUT2D eigenvalue weighted by atomic mass is 19.4. The average Bonchev–Trinajstić information content (AvgIpc) is 2.18. The van der Waals surface area contributed by atoms with Gasteiger partial charge in [0, 0.05) is 0 Å². The van der Waals surface area contributed by atoms with E-state index in [0.29, 0.717) is 5.56 Å². The second-order valence-corrected chi connectivity index (χ2v) is 3.13. The Morgan fingerprint density at radius 3 is 2.13 bits per heavy atom. The van der Waals surface area contributed by atoms with Crippen molar-refractivity contribution in [3.63, 3.8) is 0 Å². The Kier molecular flexibility index (Phi) is 3.52. The number of hydrogen-bond acceptors (Lipinski definition) is 1. The quantitative estimate of drug-likeness (QED) is 0.805. The maximum Gasteiger partial charge on any atom is 0.415 e. The minimum absolute atomic E-state index is 0.0607. The van der Waals surface area contributed by atoms with Crippen molar-refractivity contribution in [2.24, 2.45) is 0 Å². The molecule has 1 aromatic rings. The lowest BCUT2D eigenvalue weighted by Crippen LogP contribution is -2.16. The Bertz CT molecular complexity index is 352. The predicted octanol–water partition coefficient (Wildman–Crippen LogP) is 3.01. The van der Waals surface area contributed by atoms with Gasteiger partial charge in [0.05, 0.1) is 12.2 Å². The Hall–Kier alpha value is -1.29. The van der Waals surface area contributed by atoms with Crippen LogP contribution in [0, 0.1) is 0 Å². The summed E-state index contributed by atoms with van der Waals surface area (Å²) in [5.41, 5.74) is -0.363. The molecular formula is C11H11F3O. The van der Waals surface area contributed by atoms with Gasteiger partial charge in [-0.2, -0.15) is 13.2 Å². The smallest absolute Gasteiger partial charge is 0.392 e. The number of rotatable bonds is 2. The Morgan fingerprint density at radius 1 is 1.20 bits per heavy atom. The van der Waals surface area contributed by atoms with Crippen molar-refractivity contribution < 1.29 is 18.3 Å². The van der Waals surface area contributed by atoms with Crippen molar-refractivity contribution in [2.75, 3.05) is 6.61 Å². The fourth-order valence-electron chi connectivity index (χ4n) is 1.28. The minimum Gasteiger partial charge on any atom is -0.392 e. The van der Waals surface area contributed by atoms with Crippen LogP contribution in [0.15, 0.2) is 35.9 Å². The summed E-state index contributed by atoms with van der Waals surface area (Å²) < 4.78 is 37.3. The Balaban J connectivity index is 3.19. The van der Waals surface area contributed by atoms with E-state index in [4.69, 9.17) is 5.11 Å². The first-order chi connectivity index (χ1) is 6.96. The maximum absolute atomic E-state index is 12.4. The number of aliphatic hydroxyl groups is 1. The molecule has 0 aliphatic rings. The third kappa shape index (κ3) is 2.83. The molecule has 0 aliphatic carbocycles. The van der Waals surface area contributed by atoms with Gasteiger partial charge in [0.15, 0.2) is 0 Å². The maximum atomic E-state index is 12.4. The second kappa shape index (κ2) is 4.49. The van der Waals surface area contributed by atoms with E-state index in [0.717, 1.165) is 0 Å². The van der Waals surface area contributed by atoms with Gasteiger partial charge in [-0.1, -0.05) is 30.3 Å². The molecule has 1 nitrogen and oxygen atoms in total. The van der Waals surface area contributed by atoms with E-state index >= 15 is 0 Å². The van der Waals surface area contributed by atoms with Crippen molar-refractivity contribution in [1.29, 1.82) is 0 Å². The van der Waals surface area contributed by atoms with Gasteiger partial charge in [0.2, 0.25) is 0 Å². The molecule has 0 saturated carbocycles. The fraction of sp³-hybridized carbons (Fsp3) is 0.273. The van der Waals surface area contributed by atoms with Crippen molar-refractivity contribution >= 4 is 5.57 Å². The number of aliphatic hydroxyl groups excluding tert-OH is 1. The molecule has 15 heavy (non-hydrogen) atoms. The summed E-state index contributed by atoms with van der Waals surface area (Å²) in [7, 11) is 0. The molecule has 0 fully saturated rings. The van der Waals surface area contributed by atoms with E-state index in [-0.39, 0.29) is 5.57 Å². The van der Waals surface area contributed by atoms with Gasteiger partial charge in [-0.3, -0.25) is 0 Å². The molecule has 0 unspecified atom stereocenters. The van der Waals surface area contributed by atoms with Gasteiger partial charge in [-0.15, -0.1) is 0 Å². The molecule has 0 amide bonds. The van der Waals surface area contributed by atoms with Gasteiger partial charge < -0.3 is 5.11 Å². The molecule has 0 saturated heterocycles. The third-order valence-corrected chi connectivity index (χ3v) is 2.16. The summed E-state index contributed by atoms with van der Waals surface area (Å²) in [5, 5.41) is 8.72. The lowest BCUT2D eigenvalue weighted by molar-refractivity contribution is -0.0969. The van der Waals surface area contributed by atoms with Crippen molar-refractivity contribution in [2.45, 2.75) is 13.1 Å². The third-order valence-electron chi connectivity index (χ3n) is 2.16. The largest absolute Gasteiger partial charge is 0.415 e. The van der Waals surface area contributed by atoms with Crippen LogP contribution in [0.2, 0.25) is 0 Å². The summed E-state index contributed by atoms with van der Waals surface area (Å²) >= 11 is 0. The Morgan fingerprint density at radius 2 is 1.73 bits per heavy atom. The Labute approximate surface area is 85.9 Å². The second-order valence-electron chi connectivity index (χ2n) is 3.13. The lowest BCUT2D eigenvalue weighted by Gasteiger charge is -2.13. The summed E-state index contributed by atoms with van der Waals surface area (Å²) in [5.74, 6) is 0. The summed E-state index contributed by atoms with van der Waals surface area (Å²) in [6, 6.07) is 8.20. The normalized spacial score (nSPS) is 13.7. The van der Waals surface area contributed by atoms with Gasteiger partial charge in [-0.05, 0) is 18.1 Å². The molecule has 0 radical (unpaired) electrons. The van der Waals surface area contributed by atoms with Crippen LogP contribution in [-0.4, -0.2) is 17.9 Å². The highest BCUT2D eigenvalue weighted by molar-refractivity contribution is 5.67. The summed E-state index contributed by atoms with van der Waals surface area (Å²) in [6.45, 7) is 0.360. The first-order valence-electron chi connectivity index (χ1n) is 4.40. The average molecular weight is 216 g/mol. The van der Waals surface area contributed by atoms with Crippen molar-refractivity contribution in [3.05, 3.63) is 41.5 Å². The van der Waals surface area contributed by atoms with Crippen LogP contribution in [0.25, 0.3) is 5.57 Å². The standard InChI is InChI=1S/C11H11F3O/c1-8(9-5-3-2-4-6-9)10(7-15)11(12,13)14/h2-6,15H,7H2,1H3/b10-8+. The van der Waals surface area contributed by atoms with E-state index in [1.165, 1.54) is 6.92 Å². The molecule has 0 heterocycles. The zero-order chi connectivity index (χ0) is 11.5. The van der Waals surface area contributed by atoms with E-state index in [1.807, 2.05) is 0 Å². The number of benzene rings is 1. The zero-order valence-corrected chi connectivity index (χ0v) is 8.17. The van der Waals surface area contributed by atoms with Crippen LogP contribution in [0.3, 0.4) is 0 Å². The highest BCUT2D eigenvalue weighted by Crippen LogP contribution is 2.31. The molecule has 4 heteroatoms. The molecule has 0 aliphatic heterocycles. The van der Waals surface area contributed by atoms with E-state index in [1.54, 1.807) is 30.3 Å². The number of halogens is 3. The molecule has 0 aromatic heterocycles. The SMILES string of the molecule is C/C(=C(/CO)C(F)(F)F)c1ccccc1. The van der Waals surface area contributed by atoms with Crippen LogP contribution in [0.4, 0.5) is 13.2 Å². The molecule has 0 atom stereocenters. The van der Waals surface area contributed by atoms with Crippen LogP contribution < -0.4 is 0 Å². The van der Waals surface area contributed by atoms with Gasteiger partial charge in [0.1, 0.15) is 0 Å². The number of allylic oxidation sites excluding steroid dienone is 1. The van der Waals surface area contributed by atoms with Crippen LogP contribution in [0.1, 0.15) is 12.5 Å². The van der Waals surface area contributed by atoms with Crippen molar-refractivity contribution in [3.8, 4) is 0 Å². The van der Waals surface area contributed by atoms with Gasteiger partial charge in [0.25, 0.3) is 0 Å². The topological polar surface area (TPSA) is 20.2 Å². The lowest BCUT2D eigenvalue weighted by atomic mass is 10.0. The predicted molar refractivity (Wildman–Crippen MR) is 52.2 cm³/mol. The summed E-state index contributed by atoms with van der Waals surface area (Å²) in [4.78, 5) is 0. The van der Waals surface area contributed by atoms with Gasteiger partial charge in [-0.25, -0.2) is 0 Å². The summed E-state index contributed by atoms with van der Waals surface area (Å²) in [6.07, 6.45) is -4.48. The minimum atomic E-state index is -4.48. The number of alkyl halides is 3. The molecule has 0 spiro atoms. The van der Waals surface area contributed by atoms with Crippen LogP contribution in [0.5, 0.6) is 0 Å². The van der Waals surface area contributed by atoms with E-state index in [2.05, 4.69) is 0 Å². The zero-order valence-electron chi connectivity index (χ0n) is 8.17. The monoisotopic (exact) mass is 216 g/mol. The van der Waals surface area contributed by atoms with Crippen LogP contribution >= 0.6 is 0 Å².